The second-order valence-electron chi connectivity index (χ2n) is 6.15. The Balaban J connectivity index is 1.72. The quantitative estimate of drug-likeness (QED) is 0.620. The highest BCUT2D eigenvalue weighted by Crippen LogP contribution is 2.32. The Bertz CT molecular complexity index is 1100. The maximum atomic E-state index is 12.7. The Kier molecular flexibility index (Phi) is 4.11. The lowest BCUT2D eigenvalue weighted by atomic mass is 10.1. The smallest absolute Gasteiger partial charge is 0.243 e. The van der Waals surface area contributed by atoms with Gasteiger partial charge in [-0.3, -0.25) is 5.10 Å². The van der Waals surface area contributed by atoms with E-state index >= 15 is 0 Å². The third kappa shape index (κ3) is 2.82. The summed E-state index contributed by atoms with van der Waals surface area (Å²) in [6.45, 7) is 0.389. The molecule has 2 aromatic heterocycles. The number of sulfonamides is 1. The van der Waals surface area contributed by atoms with Crippen LogP contribution in [0.1, 0.15) is 6.42 Å². The first-order valence-electron chi connectivity index (χ1n) is 7.95. The summed E-state index contributed by atoms with van der Waals surface area (Å²) in [7, 11) is -3.69. The van der Waals surface area contributed by atoms with Crippen LogP contribution in [-0.4, -0.2) is 52.2 Å². The second-order valence-corrected chi connectivity index (χ2v) is 8.49. The van der Waals surface area contributed by atoms with Crippen molar-refractivity contribution in [2.24, 2.45) is 0 Å². The zero-order valence-corrected chi connectivity index (χ0v) is 15.1. The number of rotatable bonds is 3. The molecule has 1 atom stereocenters. The van der Waals surface area contributed by atoms with Crippen LogP contribution in [-0.2, 0) is 10.0 Å². The number of aromatic nitrogens is 3. The molecular weight excluding hydrogens is 378 g/mol. The average Bonchev–Trinajstić information content (AvgIpc) is 3.21. The van der Waals surface area contributed by atoms with E-state index in [0.29, 0.717) is 35.3 Å². The van der Waals surface area contributed by atoms with Crippen molar-refractivity contribution in [2.75, 3.05) is 18.8 Å². The fourth-order valence-corrected chi connectivity index (χ4v) is 4.87. The predicted molar refractivity (Wildman–Crippen MR) is 98.1 cm³/mol. The molecule has 0 bridgehead atoms. The molecule has 0 spiro atoms. The van der Waals surface area contributed by atoms with E-state index in [0.717, 1.165) is 0 Å². The summed E-state index contributed by atoms with van der Waals surface area (Å²) in [5.41, 5.74) is 8.17. The van der Waals surface area contributed by atoms with E-state index in [1.807, 2.05) is 0 Å². The number of H-pyrrole nitrogens is 1. The van der Waals surface area contributed by atoms with Crippen molar-refractivity contribution < 1.29 is 13.5 Å². The molecule has 0 saturated carbocycles. The molecule has 1 aliphatic rings. The number of aliphatic hydroxyl groups excluding tert-OH is 1. The van der Waals surface area contributed by atoms with Crippen molar-refractivity contribution in [1.82, 2.24) is 19.5 Å². The molecule has 136 valence electrons. The minimum Gasteiger partial charge on any atom is -0.392 e. The Morgan fingerprint density at radius 2 is 2.12 bits per heavy atom. The van der Waals surface area contributed by atoms with Gasteiger partial charge in [0.2, 0.25) is 10.0 Å². The molecule has 1 saturated heterocycles. The van der Waals surface area contributed by atoms with Gasteiger partial charge in [0, 0.05) is 18.7 Å². The number of aromatic amines is 1. The van der Waals surface area contributed by atoms with Crippen molar-refractivity contribution in [3.05, 3.63) is 35.4 Å². The van der Waals surface area contributed by atoms with Crippen LogP contribution >= 0.6 is 11.6 Å². The van der Waals surface area contributed by atoms with E-state index in [1.165, 1.54) is 16.4 Å². The number of benzene rings is 1. The average molecular weight is 394 g/mol. The molecule has 0 unspecified atom stereocenters. The fraction of sp³-hybridized carbons (Fsp3) is 0.250. The SMILES string of the molecule is Nc1n[nH]c2ccc(-c3ccc(S(=O)(=O)N4CC[C@@H](O)C4)cc3Cl)nc12. The minimum atomic E-state index is -3.69. The molecule has 0 amide bonds. The lowest BCUT2D eigenvalue weighted by Crippen LogP contribution is -2.29. The van der Waals surface area contributed by atoms with Crippen LogP contribution in [0.25, 0.3) is 22.3 Å². The summed E-state index contributed by atoms with van der Waals surface area (Å²) in [5, 5.41) is 16.5. The van der Waals surface area contributed by atoms with Crippen molar-refractivity contribution in [1.29, 1.82) is 0 Å². The van der Waals surface area contributed by atoms with Gasteiger partial charge >= 0.3 is 0 Å². The van der Waals surface area contributed by atoms with Crippen LogP contribution in [0, 0.1) is 0 Å². The Morgan fingerprint density at radius 1 is 1.31 bits per heavy atom. The number of β-amino-alcohol motifs (C(OH)–C–C–N with tert-alkyl or cyclic N) is 1. The third-order valence-corrected chi connectivity index (χ3v) is 6.59. The lowest BCUT2D eigenvalue weighted by Gasteiger charge is -2.16. The van der Waals surface area contributed by atoms with Gasteiger partial charge in [-0.05, 0) is 36.8 Å². The molecule has 3 heterocycles. The lowest BCUT2D eigenvalue weighted by molar-refractivity contribution is 0.189. The van der Waals surface area contributed by atoms with E-state index in [9.17, 15) is 13.5 Å². The molecule has 1 aromatic carbocycles. The van der Waals surface area contributed by atoms with Crippen LogP contribution in [0.3, 0.4) is 0 Å². The largest absolute Gasteiger partial charge is 0.392 e. The van der Waals surface area contributed by atoms with Gasteiger partial charge in [-0.25, -0.2) is 13.4 Å². The highest BCUT2D eigenvalue weighted by atomic mass is 35.5. The highest BCUT2D eigenvalue weighted by Gasteiger charge is 2.32. The van der Waals surface area contributed by atoms with E-state index < -0.39 is 16.1 Å². The zero-order valence-electron chi connectivity index (χ0n) is 13.6. The number of aliphatic hydroxyl groups is 1. The Labute approximate surface area is 154 Å². The van der Waals surface area contributed by atoms with E-state index in [1.54, 1.807) is 18.2 Å². The Hall–Kier alpha value is -2.20. The molecule has 1 fully saturated rings. The van der Waals surface area contributed by atoms with E-state index in [4.69, 9.17) is 17.3 Å². The van der Waals surface area contributed by atoms with Crippen LogP contribution in [0.2, 0.25) is 5.02 Å². The summed E-state index contributed by atoms with van der Waals surface area (Å²) in [4.78, 5) is 4.54. The number of nitrogen functional groups attached to an aromatic ring is 1. The summed E-state index contributed by atoms with van der Waals surface area (Å²) >= 11 is 6.34. The molecule has 0 radical (unpaired) electrons. The van der Waals surface area contributed by atoms with Crippen molar-refractivity contribution in [2.45, 2.75) is 17.4 Å². The number of fused-ring (bicyclic) bond motifs is 1. The summed E-state index contributed by atoms with van der Waals surface area (Å²) in [6, 6.07) is 8.05. The fourth-order valence-electron chi connectivity index (χ4n) is 3.01. The van der Waals surface area contributed by atoms with Gasteiger partial charge in [0.05, 0.1) is 27.2 Å². The number of hydrogen-bond donors (Lipinski definition) is 3. The van der Waals surface area contributed by atoms with E-state index in [2.05, 4.69) is 15.2 Å². The van der Waals surface area contributed by atoms with Crippen molar-refractivity contribution >= 4 is 38.5 Å². The number of nitrogens with two attached hydrogens (primary N) is 1. The maximum absolute atomic E-state index is 12.7. The minimum absolute atomic E-state index is 0.0873. The molecular formula is C16H16ClN5O3S. The molecule has 26 heavy (non-hydrogen) atoms. The van der Waals surface area contributed by atoms with Crippen LogP contribution in [0.5, 0.6) is 0 Å². The van der Waals surface area contributed by atoms with Crippen LogP contribution in [0.4, 0.5) is 5.82 Å². The highest BCUT2D eigenvalue weighted by molar-refractivity contribution is 7.89. The van der Waals surface area contributed by atoms with Gasteiger partial charge in [-0.15, -0.1) is 0 Å². The number of nitrogens with one attached hydrogen (secondary N) is 1. The number of anilines is 1. The topological polar surface area (TPSA) is 125 Å². The maximum Gasteiger partial charge on any atom is 0.243 e. The Morgan fingerprint density at radius 3 is 2.81 bits per heavy atom. The summed E-state index contributed by atoms with van der Waals surface area (Å²) in [5.74, 6) is 0.282. The second kappa shape index (κ2) is 6.20. The zero-order chi connectivity index (χ0) is 18.5. The van der Waals surface area contributed by atoms with Gasteiger partial charge in [0.1, 0.15) is 5.52 Å². The van der Waals surface area contributed by atoms with Crippen LogP contribution in [0.15, 0.2) is 35.2 Å². The molecule has 4 rings (SSSR count). The number of hydrogen-bond acceptors (Lipinski definition) is 6. The number of halogens is 1. The van der Waals surface area contributed by atoms with Crippen molar-refractivity contribution in [3.63, 3.8) is 0 Å². The third-order valence-electron chi connectivity index (χ3n) is 4.42. The first-order chi connectivity index (χ1) is 12.4. The molecule has 0 aliphatic carbocycles. The van der Waals surface area contributed by atoms with Gasteiger partial charge in [0.25, 0.3) is 0 Å². The predicted octanol–water partition coefficient (Wildman–Crippen LogP) is 1.62. The van der Waals surface area contributed by atoms with Gasteiger partial charge < -0.3 is 10.8 Å². The van der Waals surface area contributed by atoms with E-state index in [-0.39, 0.29) is 22.3 Å². The van der Waals surface area contributed by atoms with Crippen LogP contribution < -0.4 is 5.73 Å². The first-order valence-corrected chi connectivity index (χ1v) is 9.77. The summed E-state index contributed by atoms with van der Waals surface area (Å²) in [6.07, 6.45) is -0.197. The molecule has 1 aliphatic heterocycles. The van der Waals surface area contributed by atoms with Gasteiger partial charge in [0.15, 0.2) is 5.82 Å². The summed E-state index contributed by atoms with van der Waals surface area (Å²) < 4.78 is 26.6. The van der Waals surface area contributed by atoms with Gasteiger partial charge in [-0.1, -0.05) is 11.6 Å². The number of pyridine rings is 1. The molecule has 8 nitrogen and oxygen atoms in total. The standard InChI is InChI=1S/C16H16ClN5O3S/c17-12-7-10(26(24,25)22-6-5-9(23)8-22)1-2-11(12)13-3-4-14-15(19-13)16(18)21-20-14/h1-4,7,9,23H,5-6,8H2,(H3,18,20,21)/t9-/m1/s1. The molecule has 4 N–H and O–H groups in total. The molecule has 3 aromatic rings. The normalized spacial score (nSPS) is 18.6. The van der Waals surface area contributed by atoms with Gasteiger partial charge in [-0.2, -0.15) is 9.40 Å². The first kappa shape index (κ1) is 17.2. The van der Waals surface area contributed by atoms with Crippen molar-refractivity contribution in [3.8, 4) is 11.3 Å². The number of nitrogens with zero attached hydrogens (tertiary/aromatic N) is 3. The molecule has 10 heteroatoms. The monoisotopic (exact) mass is 393 g/mol.